The summed E-state index contributed by atoms with van der Waals surface area (Å²) in [6, 6.07) is 5.81. The van der Waals surface area contributed by atoms with Gasteiger partial charge >= 0.3 is 0 Å². The molecular formula is C11H7NOS. The number of thiophene rings is 1. The lowest BCUT2D eigenvalue weighted by molar-refractivity contribution is 0.112. The van der Waals surface area contributed by atoms with Crippen LogP contribution in [0.1, 0.15) is 21.5 Å². The van der Waals surface area contributed by atoms with Crippen LogP contribution in [0.2, 0.25) is 0 Å². The van der Waals surface area contributed by atoms with Gasteiger partial charge in [0.05, 0.1) is 10.3 Å². The minimum Gasteiger partial charge on any atom is -0.298 e. The Morgan fingerprint density at radius 1 is 1.57 bits per heavy atom. The molecule has 0 unspecified atom stereocenters. The number of nitrogens with zero attached hydrogens (tertiary/aromatic N) is 1. The van der Waals surface area contributed by atoms with E-state index in [0.717, 1.165) is 21.9 Å². The summed E-state index contributed by atoms with van der Waals surface area (Å²) < 4.78 is 0.912. The first-order chi connectivity index (χ1) is 6.77. The van der Waals surface area contributed by atoms with Crippen molar-refractivity contribution in [3.05, 3.63) is 34.2 Å². The van der Waals surface area contributed by atoms with Crippen molar-refractivity contribution < 1.29 is 4.79 Å². The number of carbonyl (C=O) groups excluding carboxylic acids is 1. The number of nitriles is 1. The summed E-state index contributed by atoms with van der Waals surface area (Å²) in [5.41, 5.74) is 2.21. The highest BCUT2D eigenvalue weighted by atomic mass is 32.1. The molecule has 2 aromatic rings. The highest BCUT2D eigenvalue weighted by Gasteiger charge is 2.09. The quantitative estimate of drug-likeness (QED) is 0.665. The molecule has 68 valence electrons. The molecular weight excluding hydrogens is 194 g/mol. The van der Waals surface area contributed by atoms with E-state index in [2.05, 4.69) is 6.07 Å². The molecule has 14 heavy (non-hydrogen) atoms. The Kier molecular flexibility index (Phi) is 2.06. The number of fused-ring (bicyclic) bond motifs is 1. The lowest BCUT2D eigenvalue weighted by Crippen LogP contribution is -1.88. The normalized spacial score (nSPS) is 10.0. The molecule has 1 aromatic heterocycles. The van der Waals surface area contributed by atoms with Gasteiger partial charge in [-0.05, 0) is 30.0 Å². The average molecular weight is 201 g/mol. The number of aldehydes is 1. The second-order valence-electron chi connectivity index (χ2n) is 3.05. The van der Waals surface area contributed by atoms with E-state index in [1.54, 1.807) is 6.07 Å². The summed E-state index contributed by atoms with van der Waals surface area (Å²) >= 11 is 1.50. The van der Waals surface area contributed by atoms with Crippen molar-refractivity contribution in [2.24, 2.45) is 0 Å². The molecule has 0 saturated carbocycles. The highest BCUT2D eigenvalue weighted by molar-refractivity contribution is 7.17. The lowest BCUT2D eigenvalue weighted by atomic mass is 10.0. The van der Waals surface area contributed by atoms with Crippen LogP contribution >= 0.6 is 11.3 Å². The molecule has 0 aliphatic heterocycles. The van der Waals surface area contributed by atoms with Gasteiger partial charge in [-0.15, -0.1) is 11.3 Å². The van der Waals surface area contributed by atoms with Crippen molar-refractivity contribution in [3.63, 3.8) is 0 Å². The van der Waals surface area contributed by atoms with Crippen molar-refractivity contribution in [3.8, 4) is 6.07 Å². The predicted octanol–water partition coefficient (Wildman–Crippen LogP) is 2.89. The summed E-state index contributed by atoms with van der Waals surface area (Å²) in [5.74, 6) is 0. The van der Waals surface area contributed by atoms with Gasteiger partial charge in [-0.1, -0.05) is 0 Å². The minimum absolute atomic E-state index is 0.665. The standard InChI is InChI=1S/C11H7NOS/c1-7-4-8(6-13)9-2-3-14-11(9)10(7)5-12/h2-4,6H,1H3. The van der Waals surface area contributed by atoms with Crippen molar-refractivity contribution in [1.29, 1.82) is 5.26 Å². The van der Waals surface area contributed by atoms with Crippen molar-refractivity contribution in [1.82, 2.24) is 0 Å². The highest BCUT2D eigenvalue weighted by Crippen LogP contribution is 2.29. The zero-order valence-corrected chi connectivity index (χ0v) is 8.39. The summed E-state index contributed by atoms with van der Waals surface area (Å²) in [5, 5.41) is 11.7. The van der Waals surface area contributed by atoms with E-state index in [-0.39, 0.29) is 0 Å². The van der Waals surface area contributed by atoms with Crippen LogP contribution in [0.3, 0.4) is 0 Å². The average Bonchev–Trinajstić information content (AvgIpc) is 2.65. The fourth-order valence-electron chi connectivity index (χ4n) is 1.53. The van der Waals surface area contributed by atoms with E-state index in [1.807, 2.05) is 18.4 Å². The van der Waals surface area contributed by atoms with E-state index < -0.39 is 0 Å². The van der Waals surface area contributed by atoms with Crippen LogP contribution in [0.25, 0.3) is 10.1 Å². The Morgan fingerprint density at radius 2 is 2.36 bits per heavy atom. The molecule has 3 heteroatoms. The van der Waals surface area contributed by atoms with Crippen LogP contribution < -0.4 is 0 Å². The van der Waals surface area contributed by atoms with Gasteiger partial charge in [-0.25, -0.2) is 0 Å². The Hall–Kier alpha value is -1.66. The maximum atomic E-state index is 10.8. The zero-order valence-electron chi connectivity index (χ0n) is 7.57. The first-order valence-corrected chi connectivity index (χ1v) is 5.02. The molecule has 1 aromatic carbocycles. The molecule has 0 atom stereocenters. The third-order valence-corrected chi connectivity index (χ3v) is 3.14. The summed E-state index contributed by atoms with van der Waals surface area (Å²) in [6.07, 6.45) is 0.837. The Labute approximate surface area is 85.4 Å². The second-order valence-corrected chi connectivity index (χ2v) is 3.97. The molecule has 0 amide bonds. The van der Waals surface area contributed by atoms with Gasteiger partial charge in [-0.2, -0.15) is 5.26 Å². The summed E-state index contributed by atoms with van der Waals surface area (Å²) in [6.45, 7) is 1.85. The van der Waals surface area contributed by atoms with Crippen LogP contribution in [0.4, 0.5) is 0 Å². The maximum Gasteiger partial charge on any atom is 0.150 e. The van der Waals surface area contributed by atoms with Gasteiger partial charge in [0.1, 0.15) is 6.07 Å². The predicted molar refractivity (Wildman–Crippen MR) is 56.7 cm³/mol. The van der Waals surface area contributed by atoms with Gasteiger partial charge in [0, 0.05) is 10.9 Å². The summed E-state index contributed by atoms with van der Waals surface area (Å²) in [4.78, 5) is 10.8. The molecule has 0 bridgehead atoms. The van der Waals surface area contributed by atoms with E-state index in [1.165, 1.54) is 11.3 Å². The van der Waals surface area contributed by atoms with Crippen LogP contribution in [0, 0.1) is 18.3 Å². The molecule has 0 saturated heterocycles. The number of aryl methyl sites for hydroxylation is 1. The minimum atomic E-state index is 0.665. The Balaban J connectivity index is 2.97. The van der Waals surface area contributed by atoms with E-state index in [4.69, 9.17) is 5.26 Å². The van der Waals surface area contributed by atoms with E-state index >= 15 is 0 Å². The molecule has 0 radical (unpaired) electrons. The smallest absolute Gasteiger partial charge is 0.150 e. The number of benzene rings is 1. The summed E-state index contributed by atoms with van der Waals surface area (Å²) in [7, 11) is 0. The van der Waals surface area contributed by atoms with Crippen molar-refractivity contribution >= 4 is 27.7 Å². The maximum absolute atomic E-state index is 10.8. The second kappa shape index (κ2) is 3.24. The Bertz CT molecular complexity index is 548. The van der Waals surface area contributed by atoms with Crippen molar-refractivity contribution in [2.75, 3.05) is 0 Å². The van der Waals surface area contributed by atoms with Crippen LogP contribution in [0.5, 0.6) is 0 Å². The molecule has 1 heterocycles. The number of carbonyl (C=O) groups is 1. The van der Waals surface area contributed by atoms with Crippen LogP contribution in [0.15, 0.2) is 17.5 Å². The molecule has 0 spiro atoms. The van der Waals surface area contributed by atoms with Gasteiger partial charge in [0.15, 0.2) is 6.29 Å². The first kappa shape index (κ1) is 8.92. The fourth-order valence-corrected chi connectivity index (χ4v) is 2.51. The first-order valence-electron chi connectivity index (χ1n) is 4.14. The molecule has 0 N–H and O–H groups in total. The molecule has 0 aliphatic carbocycles. The van der Waals surface area contributed by atoms with Gasteiger partial charge in [-0.3, -0.25) is 4.79 Å². The third kappa shape index (κ3) is 1.12. The monoisotopic (exact) mass is 201 g/mol. The molecule has 0 aliphatic rings. The van der Waals surface area contributed by atoms with Gasteiger partial charge in [0.2, 0.25) is 0 Å². The molecule has 2 nitrogen and oxygen atoms in total. The molecule has 0 fully saturated rings. The van der Waals surface area contributed by atoms with E-state index in [0.29, 0.717) is 11.1 Å². The number of rotatable bonds is 1. The van der Waals surface area contributed by atoms with Crippen LogP contribution in [-0.4, -0.2) is 6.29 Å². The van der Waals surface area contributed by atoms with E-state index in [9.17, 15) is 4.79 Å². The van der Waals surface area contributed by atoms with Crippen LogP contribution in [-0.2, 0) is 0 Å². The van der Waals surface area contributed by atoms with Crippen molar-refractivity contribution in [2.45, 2.75) is 6.92 Å². The largest absolute Gasteiger partial charge is 0.298 e. The van der Waals surface area contributed by atoms with Gasteiger partial charge in [0.25, 0.3) is 0 Å². The number of hydrogen-bond acceptors (Lipinski definition) is 3. The fraction of sp³-hybridized carbons (Fsp3) is 0.0909. The zero-order chi connectivity index (χ0) is 10.1. The lowest BCUT2D eigenvalue weighted by Gasteiger charge is -2.01. The Morgan fingerprint density at radius 3 is 3.00 bits per heavy atom. The number of hydrogen-bond donors (Lipinski definition) is 0. The van der Waals surface area contributed by atoms with Gasteiger partial charge < -0.3 is 0 Å². The topological polar surface area (TPSA) is 40.9 Å². The third-order valence-electron chi connectivity index (χ3n) is 2.21. The SMILES string of the molecule is Cc1cc(C=O)c2ccsc2c1C#N. The molecule has 2 rings (SSSR count).